The second-order valence-electron chi connectivity index (χ2n) is 7.16. The Morgan fingerprint density at radius 3 is 2.91 bits per heavy atom. The summed E-state index contributed by atoms with van der Waals surface area (Å²) in [7, 11) is 0. The van der Waals surface area contributed by atoms with Gasteiger partial charge in [0.1, 0.15) is 0 Å². The first-order chi connectivity index (χ1) is 10.6. The van der Waals surface area contributed by atoms with Gasteiger partial charge in [0.2, 0.25) is 0 Å². The van der Waals surface area contributed by atoms with Crippen molar-refractivity contribution in [1.29, 1.82) is 0 Å². The monoisotopic (exact) mass is 303 g/mol. The van der Waals surface area contributed by atoms with Crippen LogP contribution in [0.1, 0.15) is 45.1 Å². The van der Waals surface area contributed by atoms with Crippen LogP contribution in [-0.2, 0) is 13.0 Å². The molecule has 4 heterocycles. The molecule has 0 aromatic carbocycles. The minimum atomic E-state index is 0.697. The van der Waals surface area contributed by atoms with E-state index >= 15 is 0 Å². The third kappa shape index (κ3) is 3.79. The predicted molar refractivity (Wildman–Crippen MR) is 88.7 cm³/mol. The van der Waals surface area contributed by atoms with Crippen LogP contribution >= 0.6 is 0 Å². The van der Waals surface area contributed by atoms with Gasteiger partial charge in [0.05, 0.1) is 12.2 Å². The van der Waals surface area contributed by atoms with E-state index in [0.29, 0.717) is 6.04 Å². The molecule has 2 bridgehead atoms. The second-order valence-corrected chi connectivity index (χ2v) is 7.16. The molecule has 2 atom stereocenters. The van der Waals surface area contributed by atoms with Gasteiger partial charge in [-0.2, -0.15) is 0 Å². The van der Waals surface area contributed by atoms with Crippen LogP contribution in [0.5, 0.6) is 0 Å². The lowest BCUT2D eigenvalue weighted by Crippen LogP contribution is -2.43. The number of rotatable bonds is 5. The van der Waals surface area contributed by atoms with Gasteiger partial charge in [0.15, 0.2) is 5.76 Å². The summed E-state index contributed by atoms with van der Waals surface area (Å²) in [5.74, 6) is 1.83. The molecule has 3 saturated heterocycles. The smallest absolute Gasteiger partial charge is 0.150 e. The highest BCUT2D eigenvalue weighted by Gasteiger charge is 2.34. The molecule has 0 radical (unpaired) electrons. The molecule has 3 fully saturated rings. The van der Waals surface area contributed by atoms with Crippen molar-refractivity contribution < 1.29 is 4.52 Å². The lowest BCUT2D eigenvalue weighted by molar-refractivity contribution is 0.145. The molecule has 0 saturated carbocycles. The minimum Gasteiger partial charge on any atom is -0.360 e. The van der Waals surface area contributed by atoms with E-state index in [0.717, 1.165) is 43.4 Å². The fraction of sp³-hybridized carbons (Fsp3) is 0.722. The van der Waals surface area contributed by atoms with Crippen molar-refractivity contribution >= 4 is 0 Å². The van der Waals surface area contributed by atoms with E-state index in [2.05, 4.69) is 47.9 Å². The highest BCUT2D eigenvalue weighted by molar-refractivity contribution is 5.06. The number of piperidine rings is 1. The highest BCUT2D eigenvalue weighted by atomic mass is 16.5. The molecule has 3 aliphatic heterocycles. The number of aryl methyl sites for hydroxylation is 1. The van der Waals surface area contributed by atoms with Crippen LogP contribution in [0, 0.1) is 5.92 Å². The third-order valence-electron chi connectivity index (χ3n) is 4.99. The Morgan fingerprint density at radius 1 is 1.32 bits per heavy atom. The van der Waals surface area contributed by atoms with Gasteiger partial charge in [0, 0.05) is 38.3 Å². The molecule has 4 rings (SSSR count). The van der Waals surface area contributed by atoms with Crippen molar-refractivity contribution in [3.8, 4) is 0 Å². The number of fused-ring (bicyclic) bond motifs is 4. The van der Waals surface area contributed by atoms with Crippen LogP contribution in [0.4, 0.5) is 0 Å². The van der Waals surface area contributed by atoms with Gasteiger partial charge in [-0.25, -0.2) is 0 Å². The lowest BCUT2D eigenvalue weighted by Gasteiger charge is -2.35. The van der Waals surface area contributed by atoms with Gasteiger partial charge in [-0.3, -0.25) is 9.80 Å². The predicted octanol–water partition coefficient (Wildman–Crippen LogP) is 3.10. The summed E-state index contributed by atoms with van der Waals surface area (Å²) in [5, 5.41) is 4.12. The van der Waals surface area contributed by atoms with E-state index in [9.17, 15) is 0 Å². The van der Waals surface area contributed by atoms with Crippen LogP contribution in [0.3, 0.4) is 0 Å². The molecule has 1 aromatic rings. The molecule has 0 spiro atoms. The Kier molecular flexibility index (Phi) is 4.99. The number of allylic oxidation sites excluding steroid dienone is 1. The molecule has 0 unspecified atom stereocenters. The summed E-state index contributed by atoms with van der Waals surface area (Å²) >= 11 is 0. The minimum absolute atomic E-state index is 0.697. The van der Waals surface area contributed by atoms with Crippen LogP contribution in [0.2, 0.25) is 0 Å². The van der Waals surface area contributed by atoms with Crippen molar-refractivity contribution in [3.05, 3.63) is 29.2 Å². The van der Waals surface area contributed by atoms with Gasteiger partial charge >= 0.3 is 0 Å². The van der Waals surface area contributed by atoms with E-state index in [1.165, 1.54) is 31.5 Å². The fourth-order valence-corrected chi connectivity index (χ4v) is 3.75. The van der Waals surface area contributed by atoms with E-state index in [1.807, 2.05) is 0 Å². The van der Waals surface area contributed by atoms with Gasteiger partial charge in [-0.15, -0.1) is 0 Å². The van der Waals surface area contributed by atoms with E-state index < -0.39 is 0 Å². The Balaban J connectivity index is 1.63. The molecule has 22 heavy (non-hydrogen) atoms. The first-order valence-electron chi connectivity index (χ1n) is 8.68. The van der Waals surface area contributed by atoms with Gasteiger partial charge < -0.3 is 4.52 Å². The van der Waals surface area contributed by atoms with Crippen molar-refractivity contribution in [3.63, 3.8) is 0 Å². The molecule has 122 valence electrons. The summed E-state index contributed by atoms with van der Waals surface area (Å²) in [5.41, 5.74) is 2.49. The zero-order valence-corrected chi connectivity index (χ0v) is 14.2. The highest BCUT2D eigenvalue weighted by Crippen LogP contribution is 2.28. The van der Waals surface area contributed by atoms with Crippen molar-refractivity contribution in [2.24, 2.45) is 5.92 Å². The molecule has 0 amide bonds. The van der Waals surface area contributed by atoms with Crippen LogP contribution in [0.25, 0.3) is 0 Å². The Labute approximate surface area is 134 Å². The zero-order valence-electron chi connectivity index (χ0n) is 14.2. The SMILES string of the molecule is CCc1cc(CN2C[C@H]3CC[C@@H](C2)N(CC=C(C)C)C3)on1. The average Bonchev–Trinajstić information content (AvgIpc) is 2.77. The van der Waals surface area contributed by atoms with Gasteiger partial charge in [-0.1, -0.05) is 23.7 Å². The van der Waals surface area contributed by atoms with Crippen molar-refractivity contribution in [1.82, 2.24) is 15.0 Å². The standard InChI is InChI=1S/C18H29N3O/c1-4-16-9-18(22-19-16)13-20-10-15-5-6-17(12-20)21(11-15)8-7-14(2)3/h7,9,15,17H,4-6,8,10-13H2,1-3H3/t15-,17+/m1/s1. The summed E-state index contributed by atoms with van der Waals surface area (Å²) in [4.78, 5) is 5.25. The summed E-state index contributed by atoms with van der Waals surface area (Å²) < 4.78 is 5.48. The summed E-state index contributed by atoms with van der Waals surface area (Å²) in [6.07, 6.45) is 6.04. The quantitative estimate of drug-likeness (QED) is 0.783. The van der Waals surface area contributed by atoms with E-state index in [4.69, 9.17) is 4.52 Å². The maximum absolute atomic E-state index is 5.48. The topological polar surface area (TPSA) is 32.5 Å². The van der Waals surface area contributed by atoms with Crippen LogP contribution in [-0.4, -0.2) is 47.2 Å². The molecule has 4 heteroatoms. The Bertz CT molecular complexity index is 518. The largest absolute Gasteiger partial charge is 0.360 e. The molecule has 0 N–H and O–H groups in total. The maximum atomic E-state index is 5.48. The molecule has 1 aromatic heterocycles. The first-order valence-corrected chi connectivity index (χ1v) is 8.68. The average molecular weight is 303 g/mol. The number of hydrogen-bond acceptors (Lipinski definition) is 4. The normalized spacial score (nSPS) is 26.1. The third-order valence-corrected chi connectivity index (χ3v) is 4.99. The molecule has 0 aliphatic carbocycles. The molecule has 4 nitrogen and oxygen atoms in total. The Morgan fingerprint density at radius 2 is 2.18 bits per heavy atom. The molecular weight excluding hydrogens is 274 g/mol. The Hall–Kier alpha value is -1.13. The lowest BCUT2D eigenvalue weighted by atomic mass is 9.95. The summed E-state index contributed by atoms with van der Waals surface area (Å²) in [6.45, 7) is 12.1. The van der Waals surface area contributed by atoms with E-state index in [1.54, 1.807) is 0 Å². The summed E-state index contributed by atoms with van der Waals surface area (Å²) in [6, 6.07) is 2.82. The van der Waals surface area contributed by atoms with E-state index in [-0.39, 0.29) is 0 Å². The fourth-order valence-electron chi connectivity index (χ4n) is 3.75. The maximum Gasteiger partial charge on any atom is 0.150 e. The van der Waals surface area contributed by atoms with Crippen LogP contribution < -0.4 is 0 Å². The van der Waals surface area contributed by atoms with Crippen LogP contribution in [0.15, 0.2) is 22.2 Å². The first kappa shape index (κ1) is 15.8. The van der Waals surface area contributed by atoms with Crippen molar-refractivity contribution in [2.45, 2.75) is 52.6 Å². The number of nitrogens with zero attached hydrogens (tertiary/aromatic N) is 3. The second kappa shape index (κ2) is 6.97. The molecule has 3 aliphatic rings. The van der Waals surface area contributed by atoms with Crippen molar-refractivity contribution in [2.75, 3.05) is 26.2 Å². The van der Waals surface area contributed by atoms with Gasteiger partial charge in [0.25, 0.3) is 0 Å². The van der Waals surface area contributed by atoms with Gasteiger partial charge in [-0.05, 0) is 39.0 Å². The number of hydrogen-bond donors (Lipinski definition) is 0. The molecular formula is C18H29N3O. The zero-order chi connectivity index (χ0) is 15.5. The number of aromatic nitrogens is 1.